The number of carbonyl (C=O) groups is 1. The van der Waals surface area contributed by atoms with Gasteiger partial charge in [-0.25, -0.2) is 4.99 Å². The van der Waals surface area contributed by atoms with E-state index in [4.69, 9.17) is 5.73 Å². The van der Waals surface area contributed by atoms with Crippen LogP contribution < -0.4 is 21.1 Å². The van der Waals surface area contributed by atoms with E-state index in [1.54, 1.807) is 36.7 Å². The fraction of sp³-hybridized carbons (Fsp3) is 0.190. The molecular formula is C21H22F3IN6O2. The molecule has 0 radical (unpaired) electrons. The number of rotatable bonds is 8. The van der Waals surface area contributed by atoms with E-state index in [0.29, 0.717) is 11.3 Å². The Labute approximate surface area is 205 Å². The maximum absolute atomic E-state index is 12.2. The van der Waals surface area contributed by atoms with Crippen LogP contribution >= 0.6 is 24.0 Å². The zero-order chi connectivity index (χ0) is 23.0. The molecule has 12 heteroatoms. The number of alkyl halides is 3. The number of hydrogen-bond donors (Lipinski definition) is 3. The highest BCUT2D eigenvalue weighted by atomic mass is 127. The van der Waals surface area contributed by atoms with Crippen LogP contribution in [-0.2, 0) is 24.4 Å². The molecule has 0 aliphatic heterocycles. The summed E-state index contributed by atoms with van der Waals surface area (Å²) in [6.45, 7) is 0.667. The molecule has 0 unspecified atom stereocenters. The van der Waals surface area contributed by atoms with E-state index >= 15 is 0 Å². The third-order valence-corrected chi connectivity index (χ3v) is 4.14. The first-order chi connectivity index (χ1) is 15.3. The molecule has 3 rings (SSSR count). The minimum Gasteiger partial charge on any atom is -0.406 e. The Balaban J connectivity index is 0.00000385. The topological polar surface area (TPSA) is 107 Å². The van der Waals surface area contributed by atoms with E-state index in [9.17, 15) is 18.0 Å². The summed E-state index contributed by atoms with van der Waals surface area (Å²) in [5.74, 6) is -0.324. The first-order valence-corrected chi connectivity index (χ1v) is 9.51. The van der Waals surface area contributed by atoms with Crippen LogP contribution in [0.1, 0.15) is 11.1 Å². The van der Waals surface area contributed by atoms with Crippen molar-refractivity contribution >= 4 is 41.5 Å². The van der Waals surface area contributed by atoms with Crippen molar-refractivity contribution in [2.45, 2.75) is 26.0 Å². The van der Waals surface area contributed by atoms with Gasteiger partial charge >= 0.3 is 6.36 Å². The van der Waals surface area contributed by atoms with Crippen LogP contribution in [0.15, 0.2) is 72.0 Å². The highest BCUT2D eigenvalue weighted by molar-refractivity contribution is 14.0. The number of anilines is 1. The molecule has 4 N–H and O–H groups in total. The van der Waals surface area contributed by atoms with Crippen LogP contribution in [0.2, 0.25) is 0 Å². The Morgan fingerprint density at radius 1 is 1.12 bits per heavy atom. The number of nitrogens with one attached hydrogen (secondary N) is 2. The number of ether oxygens (including phenoxy) is 1. The van der Waals surface area contributed by atoms with E-state index in [1.807, 2.05) is 6.07 Å². The third kappa shape index (κ3) is 9.39. The lowest BCUT2D eigenvalue weighted by Crippen LogP contribution is -2.31. The molecule has 0 bridgehead atoms. The summed E-state index contributed by atoms with van der Waals surface area (Å²) in [5, 5.41) is 9.68. The molecule has 0 spiro atoms. The molecule has 1 amide bonds. The summed E-state index contributed by atoms with van der Waals surface area (Å²) < 4.78 is 41.9. The third-order valence-electron chi connectivity index (χ3n) is 4.14. The van der Waals surface area contributed by atoms with Gasteiger partial charge in [0.1, 0.15) is 12.3 Å². The molecule has 8 nitrogen and oxygen atoms in total. The van der Waals surface area contributed by atoms with E-state index in [2.05, 4.69) is 25.5 Å². The molecule has 0 atom stereocenters. The molecule has 1 heterocycles. The minimum atomic E-state index is -4.73. The SMILES string of the molecule is I.NC(=NCc1cccc(NC(=O)Cn2cccn2)c1)NCc1ccc(OC(F)(F)F)cc1. The predicted octanol–water partition coefficient (Wildman–Crippen LogP) is 3.64. The summed E-state index contributed by atoms with van der Waals surface area (Å²) in [5.41, 5.74) is 8.03. The van der Waals surface area contributed by atoms with Gasteiger partial charge in [0, 0.05) is 24.6 Å². The van der Waals surface area contributed by atoms with Gasteiger partial charge < -0.3 is 21.1 Å². The predicted molar refractivity (Wildman–Crippen MR) is 128 cm³/mol. The second-order valence-electron chi connectivity index (χ2n) is 6.70. The smallest absolute Gasteiger partial charge is 0.406 e. The largest absolute Gasteiger partial charge is 0.573 e. The van der Waals surface area contributed by atoms with Gasteiger partial charge in [-0.3, -0.25) is 9.48 Å². The highest BCUT2D eigenvalue weighted by Crippen LogP contribution is 2.22. The quantitative estimate of drug-likeness (QED) is 0.217. The normalized spacial score (nSPS) is 11.4. The van der Waals surface area contributed by atoms with Crippen molar-refractivity contribution in [1.29, 1.82) is 0 Å². The standard InChI is InChI=1S/C21H21F3N6O2.HI/c22-21(23,24)32-18-7-5-15(6-8-18)12-26-20(25)27-13-16-3-1-4-17(11-16)29-19(31)14-30-10-2-9-28-30;/h1-11H,12-14H2,(H,29,31)(H3,25,26,27);1H. The summed E-state index contributed by atoms with van der Waals surface area (Å²) >= 11 is 0. The summed E-state index contributed by atoms with van der Waals surface area (Å²) in [7, 11) is 0. The lowest BCUT2D eigenvalue weighted by Gasteiger charge is -2.10. The van der Waals surface area contributed by atoms with Gasteiger partial charge in [-0.05, 0) is 41.5 Å². The van der Waals surface area contributed by atoms with Crippen molar-refractivity contribution < 1.29 is 22.7 Å². The lowest BCUT2D eigenvalue weighted by atomic mass is 10.2. The molecule has 0 aliphatic carbocycles. The Kier molecular flexibility index (Phi) is 9.51. The van der Waals surface area contributed by atoms with E-state index in [1.165, 1.54) is 28.9 Å². The van der Waals surface area contributed by atoms with Crippen LogP contribution in [0.4, 0.5) is 18.9 Å². The molecule has 3 aromatic rings. The number of carbonyl (C=O) groups excluding carboxylic acids is 1. The number of benzene rings is 2. The Morgan fingerprint density at radius 2 is 1.88 bits per heavy atom. The minimum absolute atomic E-state index is 0. The molecule has 0 fully saturated rings. The first kappa shape index (κ1) is 26.0. The van der Waals surface area contributed by atoms with Gasteiger partial charge in [0.2, 0.25) is 5.91 Å². The number of guanidine groups is 1. The van der Waals surface area contributed by atoms with Crippen molar-refractivity contribution in [2.75, 3.05) is 5.32 Å². The Bertz CT molecular complexity index is 1060. The van der Waals surface area contributed by atoms with E-state index in [0.717, 1.165) is 5.56 Å². The molecule has 2 aromatic carbocycles. The molecule has 0 aliphatic rings. The number of hydrogen-bond acceptors (Lipinski definition) is 4. The first-order valence-electron chi connectivity index (χ1n) is 9.51. The number of aromatic nitrogens is 2. The second kappa shape index (κ2) is 12.1. The molecule has 0 saturated carbocycles. The van der Waals surface area contributed by atoms with Crippen molar-refractivity contribution in [2.24, 2.45) is 10.7 Å². The molecule has 33 heavy (non-hydrogen) atoms. The van der Waals surface area contributed by atoms with E-state index < -0.39 is 6.36 Å². The number of amides is 1. The number of nitrogens with two attached hydrogens (primary N) is 1. The van der Waals surface area contributed by atoms with Gasteiger partial charge in [0.25, 0.3) is 0 Å². The molecule has 0 saturated heterocycles. The molecular weight excluding hydrogens is 552 g/mol. The zero-order valence-electron chi connectivity index (χ0n) is 17.2. The highest BCUT2D eigenvalue weighted by Gasteiger charge is 2.30. The van der Waals surface area contributed by atoms with Gasteiger partial charge in [-0.2, -0.15) is 5.10 Å². The van der Waals surface area contributed by atoms with Crippen LogP contribution in [0.5, 0.6) is 5.75 Å². The van der Waals surface area contributed by atoms with E-state index in [-0.39, 0.29) is 61.2 Å². The second-order valence-corrected chi connectivity index (χ2v) is 6.70. The number of nitrogens with zero attached hydrogens (tertiary/aromatic N) is 3. The van der Waals surface area contributed by atoms with Crippen molar-refractivity contribution in [3.63, 3.8) is 0 Å². The maximum Gasteiger partial charge on any atom is 0.573 e. The van der Waals surface area contributed by atoms with Crippen molar-refractivity contribution in [3.8, 4) is 5.75 Å². The van der Waals surface area contributed by atoms with Crippen molar-refractivity contribution in [3.05, 3.63) is 78.1 Å². The Morgan fingerprint density at radius 3 is 2.55 bits per heavy atom. The summed E-state index contributed by atoms with van der Waals surface area (Å²) in [6, 6.07) is 14.4. The van der Waals surface area contributed by atoms with Crippen LogP contribution in [-0.4, -0.2) is 28.0 Å². The van der Waals surface area contributed by atoms with Crippen LogP contribution in [0, 0.1) is 0 Å². The number of halogens is 4. The summed E-state index contributed by atoms with van der Waals surface area (Å²) in [6.07, 6.45) is -1.43. The van der Waals surface area contributed by atoms with Gasteiger partial charge in [0.05, 0.1) is 6.54 Å². The van der Waals surface area contributed by atoms with Crippen LogP contribution in [0.3, 0.4) is 0 Å². The number of aliphatic imine (C=N–C) groups is 1. The van der Waals surface area contributed by atoms with Gasteiger partial charge in [-0.15, -0.1) is 37.1 Å². The summed E-state index contributed by atoms with van der Waals surface area (Å²) in [4.78, 5) is 16.3. The average Bonchev–Trinajstić information content (AvgIpc) is 3.24. The lowest BCUT2D eigenvalue weighted by molar-refractivity contribution is -0.274. The average molecular weight is 574 g/mol. The maximum atomic E-state index is 12.2. The fourth-order valence-electron chi connectivity index (χ4n) is 2.72. The monoisotopic (exact) mass is 574 g/mol. The molecule has 1 aromatic heterocycles. The Hall–Kier alpha value is -3.29. The van der Waals surface area contributed by atoms with Gasteiger partial charge in [0.15, 0.2) is 5.96 Å². The van der Waals surface area contributed by atoms with Crippen LogP contribution in [0.25, 0.3) is 0 Å². The zero-order valence-corrected chi connectivity index (χ0v) is 19.6. The fourth-order valence-corrected chi connectivity index (χ4v) is 2.72. The van der Waals surface area contributed by atoms with Crippen molar-refractivity contribution in [1.82, 2.24) is 15.1 Å². The molecule has 176 valence electrons. The van der Waals surface area contributed by atoms with Gasteiger partial charge in [-0.1, -0.05) is 24.3 Å².